The fraction of sp³-hybridized carbons (Fsp3) is 0.600. The average molecular weight is 149 g/mol. The van der Waals surface area contributed by atoms with E-state index in [0.29, 0.717) is 0 Å². The molecule has 0 unspecified atom stereocenters. The zero-order chi connectivity index (χ0) is 7.52. The molecule has 1 aromatic rings. The van der Waals surface area contributed by atoms with E-state index in [9.17, 15) is 0 Å². The van der Waals surface area contributed by atoms with Crippen molar-refractivity contribution in [3.05, 3.63) is 24.2 Å². The maximum atomic E-state index is 4.94. The Morgan fingerprint density at radius 3 is 2.73 bits per heavy atom. The van der Waals surface area contributed by atoms with Gasteiger partial charge in [-0.15, -0.1) is 0 Å². The smallest absolute Gasteiger partial charge is 0.172 e. The first-order chi connectivity index (χ1) is 5.47. The normalized spacial score (nSPS) is 20.4. The number of furan rings is 1. The Morgan fingerprint density at radius 2 is 2.09 bits per heavy atom. The summed E-state index contributed by atoms with van der Waals surface area (Å²) in [4.78, 5) is 0. The van der Waals surface area contributed by atoms with Gasteiger partial charge in [-0.25, -0.2) is 0 Å². The number of rotatable bonds is 1. The molecule has 0 aromatic carbocycles. The topological polar surface area (TPSA) is 13.1 Å². The maximum Gasteiger partial charge on any atom is 0.172 e. The van der Waals surface area contributed by atoms with E-state index in [1.165, 1.54) is 37.7 Å². The van der Waals surface area contributed by atoms with Gasteiger partial charge in [0.15, 0.2) is 6.26 Å². The van der Waals surface area contributed by atoms with Crippen LogP contribution in [0.1, 0.15) is 43.6 Å². The molecule has 2 rings (SSSR count). The van der Waals surface area contributed by atoms with Crippen molar-refractivity contribution >= 4 is 0 Å². The van der Waals surface area contributed by atoms with E-state index < -0.39 is 0 Å². The van der Waals surface area contributed by atoms with Crippen LogP contribution in [0.3, 0.4) is 0 Å². The SMILES string of the molecule is [c]1occc1C1CCCCC1. The maximum absolute atomic E-state index is 4.94. The van der Waals surface area contributed by atoms with E-state index in [0.717, 1.165) is 5.92 Å². The van der Waals surface area contributed by atoms with Gasteiger partial charge < -0.3 is 4.42 Å². The minimum Gasteiger partial charge on any atom is -0.461 e. The molecule has 1 aliphatic carbocycles. The molecule has 0 atom stereocenters. The highest BCUT2D eigenvalue weighted by Crippen LogP contribution is 2.32. The summed E-state index contributed by atoms with van der Waals surface area (Å²) in [7, 11) is 0. The fourth-order valence-corrected chi connectivity index (χ4v) is 1.88. The first kappa shape index (κ1) is 6.96. The zero-order valence-corrected chi connectivity index (χ0v) is 6.68. The Morgan fingerprint density at radius 1 is 1.27 bits per heavy atom. The van der Waals surface area contributed by atoms with E-state index in [-0.39, 0.29) is 0 Å². The molecule has 0 spiro atoms. The van der Waals surface area contributed by atoms with Gasteiger partial charge >= 0.3 is 0 Å². The van der Waals surface area contributed by atoms with Crippen LogP contribution >= 0.6 is 0 Å². The monoisotopic (exact) mass is 149 g/mol. The lowest BCUT2D eigenvalue weighted by atomic mass is 9.85. The molecule has 0 amide bonds. The third-order valence-corrected chi connectivity index (χ3v) is 2.54. The van der Waals surface area contributed by atoms with Crippen molar-refractivity contribution in [2.75, 3.05) is 0 Å². The third-order valence-electron chi connectivity index (χ3n) is 2.54. The molecule has 1 saturated carbocycles. The number of hydrogen-bond acceptors (Lipinski definition) is 1. The van der Waals surface area contributed by atoms with Gasteiger partial charge in [-0.1, -0.05) is 19.3 Å². The summed E-state index contributed by atoms with van der Waals surface area (Å²) in [6.07, 6.45) is 11.5. The molecule has 0 saturated heterocycles. The number of hydrogen-bond donors (Lipinski definition) is 0. The van der Waals surface area contributed by atoms with Crippen LogP contribution in [0.4, 0.5) is 0 Å². The van der Waals surface area contributed by atoms with Crippen LogP contribution in [-0.4, -0.2) is 0 Å². The molecular formula is C10H13O. The molecule has 0 N–H and O–H groups in total. The third kappa shape index (κ3) is 1.47. The van der Waals surface area contributed by atoms with Gasteiger partial charge in [0.25, 0.3) is 0 Å². The zero-order valence-electron chi connectivity index (χ0n) is 6.68. The predicted octanol–water partition coefficient (Wildman–Crippen LogP) is 3.13. The van der Waals surface area contributed by atoms with Crippen molar-refractivity contribution in [3.8, 4) is 0 Å². The summed E-state index contributed by atoms with van der Waals surface area (Å²) in [6.45, 7) is 0. The molecule has 59 valence electrons. The largest absolute Gasteiger partial charge is 0.461 e. The molecule has 1 fully saturated rings. The first-order valence-corrected chi connectivity index (χ1v) is 4.42. The molecular weight excluding hydrogens is 136 g/mol. The quantitative estimate of drug-likeness (QED) is 0.598. The van der Waals surface area contributed by atoms with Gasteiger partial charge in [0.2, 0.25) is 0 Å². The summed E-state index contributed by atoms with van der Waals surface area (Å²) in [5.41, 5.74) is 1.28. The Bertz CT molecular complexity index is 195. The standard InChI is InChI=1S/C10H13O/c1-2-4-9(5-3-1)10-6-7-11-8-10/h6-7,9H,1-5H2. The Kier molecular flexibility index (Phi) is 1.97. The van der Waals surface area contributed by atoms with Crippen LogP contribution in [0, 0.1) is 6.26 Å². The van der Waals surface area contributed by atoms with Gasteiger partial charge in [-0.3, -0.25) is 0 Å². The van der Waals surface area contributed by atoms with Gasteiger partial charge in [0.05, 0.1) is 6.26 Å². The van der Waals surface area contributed by atoms with Gasteiger partial charge in [-0.05, 0) is 24.8 Å². The molecule has 1 heteroatoms. The van der Waals surface area contributed by atoms with Gasteiger partial charge in [-0.2, -0.15) is 0 Å². The molecule has 1 nitrogen and oxygen atoms in total. The lowest BCUT2D eigenvalue weighted by Crippen LogP contribution is -2.02. The molecule has 1 aliphatic rings. The van der Waals surface area contributed by atoms with E-state index in [1.807, 2.05) is 0 Å². The van der Waals surface area contributed by atoms with E-state index >= 15 is 0 Å². The molecule has 11 heavy (non-hydrogen) atoms. The molecule has 0 bridgehead atoms. The summed E-state index contributed by atoms with van der Waals surface area (Å²) in [5, 5.41) is 0. The highest BCUT2D eigenvalue weighted by Gasteiger charge is 2.16. The van der Waals surface area contributed by atoms with Crippen molar-refractivity contribution in [1.29, 1.82) is 0 Å². The fourth-order valence-electron chi connectivity index (χ4n) is 1.88. The molecule has 0 aliphatic heterocycles. The predicted molar refractivity (Wildman–Crippen MR) is 43.4 cm³/mol. The summed E-state index contributed by atoms with van der Waals surface area (Å²) in [6, 6.07) is 2.05. The van der Waals surface area contributed by atoms with E-state index in [4.69, 9.17) is 4.42 Å². The van der Waals surface area contributed by atoms with Crippen LogP contribution in [-0.2, 0) is 0 Å². The van der Waals surface area contributed by atoms with Crippen LogP contribution < -0.4 is 0 Å². The molecule has 1 aromatic heterocycles. The lowest BCUT2D eigenvalue weighted by molar-refractivity contribution is 0.438. The van der Waals surface area contributed by atoms with Crippen LogP contribution in [0.15, 0.2) is 16.7 Å². The molecule has 1 radical (unpaired) electrons. The summed E-state index contributed by atoms with van der Waals surface area (Å²) < 4.78 is 4.94. The van der Waals surface area contributed by atoms with Crippen LogP contribution in [0.5, 0.6) is 0 Å². The van der Waals surface area contributed by atoms with E-state index in [2.05, 4.69) is 12.3 Å². The highest BCUT2D eigenvalue weighted by atomic mass is 16.3. The van der Waals surface area contributed by atoms with Crippen LogP contribution in [0.25, 0.3) is 0 Å². The van der Waals surface area contributed by atoms with Crippen LogP contribution in [0.2, 0.25) is 0 Å². The minimum atomic E-state index is 0.738. The van der Waals surface area contributed by atoms with Crippen molar-refractivity contribution < 1.29 is 4.42 Å². The highest BCUT2D eigenvalue weighted by molar-refractivity contribution is 5.11. The lowest BCUT2D eigenvalue weighted by Gasteiger charge is -2.19. The van der Waals surface area contributed by atoms with Crippen molar-refractivity contribution in [2.45, 2.75) is 38.0 Å². The summed E-state index contributed by atoms with van der Waals surface area (Å²) >= 11 is 0. The first-order valence-electron chi connectivity index (χ1n) is 4.42. The van der Waals surface area contributed by atoms with Crippen molar-refractivity contribution in [1.82, 2.24) is 0 Å². The van der Waals surface area contributed by atoms with Crippen molar-refractivity contribution in [2.24, 2.45) is 0 Å². The Balaban J connectivity index is 2.04. The average Bonchev–Trinajstić information content (AvgIpc) is 2.58. The van der Waals surface area contributed by atoms with Gasteiger partial charge in [0.1, 0.15) is 0 Å². The minimum absolute atomic E-state index is 0.738. The van der Waals surface area contributed by atoms with Crippen molar-refractivity contribution in [3.63, 3.8) is 0 Å². The summed E-state index contributed by atoms with van der Waals surface area (Å²) in [5.74, 6) is 0.738. The Labute approximate surface area is 67.4 Å². The second-order valence-electron chi connectivity index (χ2n) is 3.31. The second kappa shape index (κ2) is 3.12. The van der Waals surface area contributed by atoms with Gasteiger partial charge in [0, 0.05) is 5.56 Å². The Hall–Kier alpha value is -0.720. The molecule has 1 heterocycles. The van der Waals surface area contributed by atoms with E-state index in [1.54, 1.807) is 6.26 Å². The second-order valence-corrected chi connectivity index (χ2v) is 3.31.